The molecule has 1 fully saturated rings. The van der Waals surface area contributed by atoms with Gasteiger partial charge in [-0.1, -0.05) is 6.42 Å². The second-order valence-corrected chi connectivity index (χ2v) is 4.31. The van der Waals surface area contributed by atoms with E-state index in [4.69, 9.17) is 5.11 Å². The maximum Gasteiger partial charge on any atom is 0.320 e. The Morgan fingerprint density at radius 2 is 2.41 bits per heavy atom. The van der Waals surface area contributed by atoms with Gasteiger partial charge in [0.1, 0.15) is 5.82 Å². The standard InChI is InChI=1S/C11H18N4O2/c1-15-10(13-11(17)12-5-6-16)7-9(14-15)8-3-2-4-8/h7-8,16H,2-6H2,1H3,(H2,12,13,17). The molecule has 0 atom stereocenters. The summed E-state index contributed by atoms with van der Waals surface area (Å²) in [6.07, 6.45) is 3.64. The summed E-state index contributed by atoms with van der Waals surface area (Å²) < 4.78 is 1.67. The number of hydrogen-bond donors (Lipinski definition) is 3. The van der Waals surface area contributed by atoms with E-state index in [9.17, 15) is 4.79 Å². The first kappa shape index (κ1) is 11.9. The number of hydrogen-bond acceptors (Lipinski definition) is 3. The van der Waals surface area contributed by atoms with E-state index in [0.717, 1.165) is 5.69 Å². The molecule has 2 rings (SSSR count). The van der Waals surface area contributed by atoms with Gasteiger partial charge < -0.3 is 10.4 Å². The Kier molecular flexibility index (Phi) is 3.63. The molecule has 0 unspecified atom stereocenters. The smallest absolute Gasteiger partial charge is 0.320 e. The molecule has 0 radical (unpaired) electrons. The van der Waals surface area contributed by atoms with Crippen LogP contribution in [0.5, 0.6) is 0 Å². The Labute approximate surface area is 100 Å². The summed E-state index contributed by atoms with van der Waals surface area (Å²) in [4.78, 5) is 11.4. The van der Waals surface area contributed by atoms with Crippen molar-refractivity contribution in [3.63, 3.8) is 0 Å². The molecule has 1 aliphatic carbocycles. The third kappa shape index (κ3) is 2.76. The van der Waals surface area contributed by atoms with Crippen LogP contribution in [0.2, 0.25) is 0 Å². The summed E-state index contributed by atoms with van der Waals surface area (Å²) in [5, 5.41) is 18.2. The first-order chi connectivity index (χ1) is 8.20. The third-order valence-electron chi connectivity index (χ3n) is 3.06. The molecule has 2 amide bonds. The number of aryl methyl sites for hydroxylation is 1. The Balaban J connectivity index is 1.95. The third-order valence-corrected chi connectivity index (χ3v) is 3.06. The summed E-state index contributed by atoms with van der Waals surface area (Å²) in [6, 6.07) is 1.60. The maximum absolute atomic E-state index is 11.4. The van der Waals surface area contributed by atoms with Crippen molar-refractivity contribution in [1.29, 1.82) is 0 Å². The fourth-order valence-corrected chi connectivity index (χ4v) is 1.84. The summed E-state index contributed by atoms with van der Waals surface area (Å²) >= 11 is 0. The van der Waals surface area contributed by atoms with Gasteiger partial charge in [-0.2, -0.15) is 5.10 Å². The number of carbonyl (C=O) groups excluding carboxylic acids is 1. The average molecular weight is 238 g/mol. The molecule has 1 aliphatic rings. The number of nitrogens with one attached hydrogen (secondary N) is 2. The minimum absolute atomic E-state index is 0.0634. The number of aliphatic hydroxyl groups is 1. The SMILES string of the molecule is Cn1nc(C2CCC2)cc1NC(=O)NCCO. The molecule has 17 heavy (non-hydrogen) atoms. The van der Waals surface area contributed by atoms with Crippen LogP contribution in [0.3, 0.4) is 0 Å². The number of carbonyl (C=O) groups is 1. The van der Waals surface area contributed by atoms with Crippen LogP contribution < -0.4 is 10.6 Å². The van der Waals surface area contributed by atoms with Gasteiger partial charge in [0.15, 0.2) is 0 Å². The quantitative estimate of drug-likeness (QED) is 0.726. The Morgan fingerprint density at radius 3 is 3.00 bits per heavy atom. The van der Waals surface area contributed by atoms with Crippen molar-refractivity contribution < 1.29 is 9.90 Å². The van der Waals surface area contributed by atoms with E-state index in [1.54, 1.807) is 4.68 Å². The molecule has 6 nitrogen and oxygen atoms in total. The van der Waals surface area contributed by atoms with Gasteiger partial charge in [0.2, 0.25) is 0 Å². The lowest BCUT2D eigenvalue weighted by Crippen LogP contribution is -2.31. The molecule has 1 aromatic rings. The van der Waals surface area contributed by atoms with Crippen LogP contribution in [0, 0.1) is 0 Å². The van der Waals surface area contributed by atoms with Crippen molar-refractivity contribution >= 4 is 11.8 Å². The second kappa shape index (κ2) is 5.18. The molecule has 0 spiro atoms. The lowest BCUT2D eigenvalue weighted by molar-refractivity contribution is 0.244. The van der Waals surface area contributed by atoms with Gasteiger partial charge in [-0.15, -0.1) is 0 Å². The summed E-state index contributed by atoms with van der Waals surface area (Å²) in [5.41, 5.74) is 1.05. The van der Waals surface area contributed by atoms with Crippen LogP contribution in [0.25, 0.3) is 0 Å². The van der Waals surface area contributed by atoms with Crippen LogP contribution in [0.4, 0.5) is 10.6 Å². The fourth-order valence-electron chi connectivity index (χ4n) is 1.84. The first-order valence-electron chi connectivity index (χ1n) is 5.90. The number of aliphatic hydroxyl groups excluding tert-OH is 1. The summed E-state index contributed by atoms with van der Waals surface area (Å²) in [6.45, 7) is 0.186. The van der Waals surface area contributed by atoms with Crippen LogP contribution in [-0.4, -0.2) is 34.1 Å². The minimum atomic E-state index is -0.317. The van der Waals surface area contributed by atoms with E-state index in [-0.39, 0.29) is 19.2 Å². The predicted molar refractivity (Wildman–Crippen MR) is 63.9 cm³/mol. The highest BCUT2D eigenvalue weighted by atomic mass is 16.3. The zero-order chi connectivity index (χ0) is 12.3. The first-order valence-corrected chi connectivity index (χ1v) is 5.90. The normalized spacial score (nSPS) is 15.4. The summed E-state index contributed by atoms with van der Waals surface area (Å²) in [5.74, 6) is 1.24. The van der Waals surface area contributed by atoms with E-state index < -0.39 is 0 Å². The van der Waals surface area contributed by atoms with E-state index >= 15 is 0 Å². The number of aromatic nitrogens is 2. The highest BCUT2D eigenvalue weighted by Gasteiger charge is 2.23. The zero-order valence-electron chi connectivity index (χ0n) is 9.94. The number of urea groups is 1. The Hall–Kier alpha value is -1.56. The maximum atomic E-state index is 11.4. The van der Waals surface area contributed by atoms with Crippen molar-refractivity contribution in [2.24, 2.45) is 7.05 Å². The fraction of sp³-hybridized carbons (Fsp3) is 0.636. The molecular weight excluding hydrogens is 220 g/mol. The highest BCUT2D eigenvalue weighted by Crippen LogP contribution is 2.36. The molecule has 1 saturated carbocycles. The molecule has 1 aromatic heterocycles. The lowest BCUT2D eigenvalue weighted by atomic mass is 9.83. The minimum Gasteiger partial charge on any atom is -0.395 e. The zero-order valence-corrected chi connectivity index (χ0v) is 9.94. The Morgan fingerprint density at radius 1 is 1.65 bits per heavy atom. The molecular formula is C11H18N4O2. The van der Waals surface area contributed by atoms with Gasteiger partial charge in [0.25, 0.3) is 0 Å². The molecule has 1 heterocycles. The lowest BCUT2D eigenvalue weighted by Gasteiger charge is -2.22. The van der Waals surface area contributed by atoms with Crippen LogP contribution in [0.1, 0.15) is 30.9 Å². The molecule has 0 aliphatic heterocycles. The topological polar surface area (TPSA) is 79.2 Å². The number of anilines is 1. The molecule has 3 N–H and O–H groups in total. The molecule has 0 saturated heterocycles. The predicted octanol–water partition coefficient (Wildman–Crippen LogP) is 0.801. The van der Waals surface area contributed by atoms with Crippen molar-refractivity contribution in [3.05, 3.63) is 11.8 Å². The second-order valence-electron chi connectivity index (χ2n) is 4.31. The number of rotatable bonds is 4. The summed E-state index contributed by atoms with van der Waals surface area (Å²) in [7, 11) is 1.81. The van der Waals surface area contributed by atoms with Crippen LogP contribution in [0.15, 0.2) is 6.07 Å². The van der Waals surface area contributed by atoms with Crippen molar-refractivity contribution in [3.8, 4) is 0 Å². The van der Waals surface area contributed by atoms with E-state index in [1.165, 1.54) is 19.3 Å². The molecule has 94 valence electrons. The number of nitrogens with zero attached hydrogens (tertiary/aromatic N) is 2. The van der Waals surface area contributed by atoms with E-state index in [2.05, 4.69) is 15.7 Å². The molecule has 0 bridgehead atoms. The van der Waals surface area contributed by atoms with Crippen LogP contribution >= 0.6 is 0 Å². The van der Waals surface area contributed by atoms with Crippen LogP contribution in [-0.2, 0) is 7.05 Å². The van der Waals surface area contributed by atoms with Gasteiger partial charge in [-0.3, -0.25) is 10.00 Å². The van der Waals surface area contributed by atoms with Gasteiger partial charge >= 0.3 is 6.03 Å². The van der Waals surface area contributed by atoms with E-state index in [0.29, 0.717) is 11.7 Å². The van der Waals surface area contributed by atoms with E-state index in [1.807, 2.05) is 13.1 Å². The van der Waals surface area contributed by atoms with Gasteiger partial charge in [0.05, 0.1) is 12.3 Å². The highest BCUT2D eigenvalue weighted by molar-refractivity contribution is 5.88. The van der Waals surface area contributed by atoms with Crippen molar-refractivity contribution in [2.45, 2.75) is 25.2 Å². The average Bonchev–Trinajstić information content (AvgIpc) is 2.54. The molecule has 0 aromatic carbocycles. The molecule has 6 heteroatoms. The van der Waals surface area contributed by atoms with Crippen molar-refractivity contribution in [1.82, 2.24) is 15.1 Å². The van der Waals surface area contributed by atoms with Crippen molar-refractivity contribution in [2.75, 3.05) is 18.5 Å². The number of amides is 2. The van der Waals surface area contributed by atoms with Gasteiger partial charge in [-0.05, 0) is 12.8 Å². The monoisotopic (exact) mass is 238 g/mol. The Bertz CT molecular complexity index is 398. The van der Waals surface area contributed by atoms with Gasteiger partial charge in [0, 0.05) is 25.6 Å². The largest absolute Gasteiger partial charge is 0.395 e. The van der Waals surface area contributed by atoms with Gasteiger partial charge in [-0.25, -0.2) is 4.79 Å².